The molecule has 0 amide bonds. The smallest absolute Gasteiger partial charge is 0.136 e. The van der Waals surface area contributed by atoms with Crippen molar-refractivity contribution >= 4 is 44.1 Å². The highest BCUT2D eigenvalue weighted by Gasteiger charge is 2.21. The molecule has 0 radical (unpaired) electrons. The monoisotopic (exact) mass is 593 g/mol. The van der Waals surface area contributed by atoms with Crippen molar-refractivity contribution in [3.63, 3.8) is 0 Å². The molecule has 0 spiro atoms. The van der Waals surface area contributed by atoms with Gasteiger partial charge >= 0.3 is 0 Å². The summed E-state index contributed by atoms with van der Waals surface area (Å²) in [5.41, 5.74) is 11.2. The lowest BCUT2D eigenvalue weighted by molar-refractivity contribution is 0.669. The first-order chi connectivity index (χ1) is 22.8. The standard InChI is InChI=1S/C44H35NO/c1-2-10-37(11-3-1)45(38-23-18-31(19-24-38)35-16-14-30-8-4-5-9-34(30)28-35)39-25-20-32(21-26-39)36-17-15-33-22-27-43-44(41(33)29-36)40-12-6-7-13-42(40)46-43/h1-3,5-7,9-20,22-27,29,32,35H,4,8,21,28H2. The summed E-state index contributed by atoms with van der Waals surface area (Å²) in [6.07, 6.45) is 20.9. The first-order valence-corrected chi connectivity index (χ1v) is 16.5. The number of furan rings is 1. The van der Waals surface area contributed by atoms with Crippen LogP contribution >= 0.6 is 0 Å². The van der Waals surface area contributed by atoms with Crippen LogP contribution in [0.5, 0.6) is 0 Å². The summed E-state index contributed by atoms with van der Waals surface area (Å²) in [7, 11) is 0. The van der Waals surface area contributed by atoms with E-state index >= 15 is 0 Å². The molecule has 2 atom stereocenters. The number of fused-ring (bicyclic) bond motifs is 5. The molecule has 0 fully saturated rings. The molecule has 1 aromatic heterocycles. The fourth-order valence-electron chi connectivity index (χ4n) is 7.60. The Balaban J connectivity index is 1.01. The zero-order chi connectivity index (χ0) is 30.5. The van der Waals surface area contributed by atoms with Crippen LogP contribution in [-0.4, -0.2) is 0 Å². The average Bonchev–Trinajstić information content (AvgIpc) is 3.52. The van der Waals surface area contributed by atoms with E-state index in [-0.39, 0.29) is 0 Å². The molecular formula is C44H35NO. The minimum atomic E-state index is 0.313. The molecule has 0 aliphatic heterocycles. The normalized spacial score (nSPS) is 19.2. The third-order valence-corrected chi connectivity index (χ3v) is 10.0. The van der Waals surface area contributed by atoms with Crippen LogP contribution in [-0.2, 0) is 0 Å². The molecule has 0 N–H and O–H groups in total. The number of benzene rings is 5. The summed E-state index contributed by atoms with van der Waals surface area (Å²) in [6, 6.07) is 39.5. The Morgan fingerprint density at radius 3 is 2.26 bits per heavy atom. The third kappa shape index (κ3) is 4.73. The van der Waals surface area contributed by atoms with Gasteiger partial charge in [0.1, 0.15) is 11.2 Å². The number of nitrogens with zero attached hydrogens (tertiary/aromatic N) is 1. The molecule has 2 unspecified atom stereocenters. The molecule has 0 saturated carbocycles. The molecule has 3 aliphatic rings. The van der Waals surface area contributed by atoms with Crippen molar-refractivity contribution in [1.29, 1.82) is 0 Å². The van der Waals surface area contributed by atoms with Crippen LogP contribution in [0.4, 0.5) is 11.4 Å². The lowest BCUT2D eigenvalue weighted by Crippen LogP contribution is -2.17. The minimum absolute atomic E-state index is 0.313. The molecule has 9 rings (SSSR count). The van der Waals surface area contributed by atoms with Crippen molar-refractivity contribution in [3.05, 3.63) is 180 Å². The summed E-state index contributed by atoms with van der Waals surface area (Å²) in [6.45, 7) is 0. The van der Waals surface area contributed by atoms with E-state index < -0.39 is 0 Å². The molecule has 6 aromatic rings. The van der Waals surface area contributed by atoms with Gasteiger partial charge < -0.3 is 9.32 Å². The highest BCUT2D eigenvalue weighted by molar-refractivity contribution is 6.18. The molecule has 2 heteroatoms. The van der Waals surface area contributed by atoms with Gasteiger partial charge in [-0.25, -0.2) is 0 Å². The molecule has 222 valence electrons. The number of rotatable bonds is 5. The molecule has 2 nitrogen and oxygen atoms in total. The molecule has 1 heterocycles. The Bertz CT molecular complexity index is 2260. The van der Waals surface area contributed by atoms with Gasteiger partial charge in [0.05, 0.1) is 0 Å². The quantitative estimate of drug-likeness (QED) is 0.198. The topological polar surface area (TPSA) is 16.4 Å². The molecule has 0 bridgehead atoms. The van der Waals surface area contributed by atoms with E-state index in [0.29, 0.717) is 11.8 Å². The predicted molar refractivity (Wildman–Crippen MR) is 193 cm³/mol. The van der Waals surface area contributed by atoms with Crippen molar-refractivity contribution < 1.29 is 4.42 Å². The number of allylic oxidation sites excluding steroid dienone is 9. The van der Waals surface area contributed by atoms with Crippen LogP contribution in [0.15, 0.2) is 173 Å². The van der Waals surface area contributed by atoms with Gasteiger partial charge in [-0.15, -0.1) is 0 Å². The Morgan fingerprint density at radius 2 is 1.39 bits per heavy atom. The van der Waals surface area contributed by atoms with Crippen LogP contribution in [0, 0.1) is 0 Å². The van der Waals surface area contributed by atoms with Gasteiger partial charge in [0.2, 0.25) is 0 Å². The maximum absolute atomic E-state index is 6.20. The number of hydrogen-bond acceptors (Lipinski definition) is 2. The second kappa shape index (κ2) is 11.2. The van der Waals surface area contributed by atoms with E-state index in [9.17, 15) is 0 Å². The van der Waals surface area contributed by atoms with Gasteiger partial charge in [-0.2, -0.15) is 0 Å². The van der Waals surface area contributed by atoms with Crippen molar-refractivity contribution in [2.45, 2.75) is 37.5 Å². The van der Waals surface area contributed by atoms with Crippen molar-refractivity contribution in [2.24, 2.45) is 0 Å². The zero-order valence-corrected chi connectivity index (χ0v) is 25.8. The highest BCUT2D eigenvalue weighted by Crippen LogP contribution is 2.40. The van der Waals surface area contributed by atoms with Gasteiger partial charge in [0.25, 0.3) is 0 Å². The minimum Gasteiger partial charge on any atom is -0.456 e. The Kier molecular flexibility index (Phi) is 6.59. The van der Waals surface area contributed by atoms with Gasteiger partial charge in [0.15, 0.2) is 0 Å². The molecule has 5 aromatic carbocycles. The maximum Gasteiger partial charge on any atom is 0.136 e. The lowest BCUT2D eigenvalue weighted by atomic mass is 9.82. The van der Waals surface area contributed by atoms with Crippen LogP contribution in [0.25, 0.3) is 32.7 Å². The first kappa shape index (κ1) is 27.0. The average molecular weight is 594 g/mol. The van der Waals surface area contributed by atoms with E-state index in [4.69, 9.17) is 4.42 Å². The summed E-state index contributed by atoms with van der Waals surface area (Å²) in [5, 5.41) is 4.89. The highest BCUT2D eigenvalue weighted by atomic mass is 16.3. The zero-order valence-electron chi connectivity index (χ0n) is 25.8. The fourth-order valence-corrected chi connectivity index (χ4v) is 7.60. The SMILES string of the molecule is C1=CC2=C(C=CC(c3ccc(N(C4=CCC(c5ccc6ccc7oc8ccccc8c7c6c5)C=C4)c4ccccc4)cc3)C2)CC1. The van der Waals surface area contributed by atoms with Gasteiger partial charge in [-0.3, -0.25) is 0 Å². The largest absolute Gasteiger partial charge is 0.456 e. The first-order valence-electron chi connectivity index (χ1n) is 16.5. The lowest BCUT2D eigenvalue weighted by Gasteiger charge is -2.30. The van der Waals surface area contributed by atoms with E-state index in [1.165, 1.54) is 67.3 Å². The Labute approximate surface area is 270 Å². The molecule has 3 aliphatic carbocycles. The van der Waals surface area contributed by atoms with Gasteiger partial charge in [0, 0.05) is 39.7 Å². The van der Waals surface area contributed by atoms with Crippen molar-refractivity contribution in [1.82, 2.24) is 0 Å². The van der Waals surface area contributed by atoms with Crippen LogP contribution < -0.4 is 4.90 Å². The summed E-state index contributed by atoms with van der Waals surface area (Å²) >= 11 is 0. The summed E-state index contributed by atoms with van der Waals surface area (Å²) in [5.74, 6) is 0.742. The van der Waals surface area contributed by atoms with Crippen molar-refractivity contribution in [3.8, 4) is 0 Å². The second-order valence-corrected chi connectivity index (χ2v) is 12.8. The van der Waals surface area contributed by atoms with Crippen LogP contribution in [0.1, 0.15) is 48.6 Å². The van der Waals surface area contributed by atoms with Gasteiger partial charge in [-0.1, -0.05) is 103 Å². The van der Waals surface area contributed by atoms with E-state index in [1.54, 1.807) is 0 Å². The molecule has 46 heavy (non-hydrogen) atoms. The molecular weight excluding hydrogens is 558 g/mol. The number of anilines is 2. The maximum atomic E-state index is 6.20. The van der Waals surface area contributed by atoms with E-state index in [1.807, 2.05) is 6.07 Å². The predicted octanol–water partition coefficient (Wildman–Crippen LogP) is 12.2. The third-order valence-electron chi connectivity index (χ3n) is 10.0. The van der Waals surface area contributed by atoms with Crippen LogP contribution in [0.2, 0.25) is 0 Å². The van der Waals surface area contributed by atoms with E-state index in [2.05, 4.69) is 151 Å². The Hall–Kier alpha value is -5.34. The summed E-state index contributed by atoms with van der Waals surface area (Å²) in [4.78, 5) is 2.39. The van der Waals surface area contributed by atoms with Gasteiger partial charge in [-0.05, 0) is 107 Å². The van der Waals surface area contributed by atoms with E-state index in [0.717, 1.165) is 30.4 Å². The number of hydrogen-bond donors (Lipinski definition) is 0. The van der Waals surface area contributed by atoms with Crippen LogP contribution in [0.3, 0.4) is 0 Å². The molecule has 0 saturated heterocycles. The fraction of sp³-hybridized carbons (Fsp3) is 0.136. The number of para-hydroxylation sites is 2. The summed E-state index contributed by atoms with van der Waals surface area (Å²) < 4.78 is 6.20. The second-order valence-electron chi connectivity index (χ2n) is 12.8. The van der Waals surface area contributed by atoms with Crippen molar-refractivity contribution in [2.75, 3.05) is 4.90 Å². The Morgan fingerprint density at radius 1 is 0.609 bits per heavy atom.